The quantitative estimate of drug-likeness (QED) is 0.930. The monoisotopic (exact) mass is 313 g/mol. The molecule has 0 saturated carbocycles. The smallest absolute Gasteiger partial charge is 0.0728 e. The third-order valence-electron chi connectivity index (χ3n) is 4.80. The fraction of sp³-hybridized carbons (Fsp3) is 0.526. The Bertz CT molecular complexity index is 639. The zero-order valence-electron chi connectivity index (χ0n) is 14.6. The molecule has 1 atom stereocenters. The Morgan fingerprint density at radius 3 is 2.35 bits per heavy atom. The zero-order valence-corrected chi connectivity index (χ0v) is 14.6. The predicted octanol–water partition coefficient (Wildman–Crippen LogP) is 3.90. The molecule has 1 unspecified atom stereocenters. The Hall–Kier alpha value is -1.65. The molecule has 1 aliphatic heterocycles. The standard InChI is InChI=1S/C19H27N3O/c1-13(2)19-18(14(3)20-21-19)17-7-5-16(6-8-17)15(4)22-9-11-23-12-10-22/h5-8,13,15H,9-12H2,1-4H3,(H,20,21). The summed E-state index contributed by atoms with van der Waals surface area (Å²) in [6.07, 6.45) is 0. The molecule has 0 bridgehead atoms. The van der Waals surface area contributed by atoms with E-state index in [9.17, 15) is 0 Å². The van der Waals surface area contributed by atoms with Crippen LogP contribution in [-0.2, 0) is 4.74 Å². The van der Waals surface area contributed by atoms with E-state index in [4.69, 9.17) is 4.74 Å². The summed E-state index contributed by atoms with van der Waals surface area (Å²) in [5, 5.41) is 7.61. The van der Waals surface area contributed by atoms with Crippen molar-refractivity contribution in [3.63, 3.8) is 0 Å². The van der Waals surface area contributed by atoms with Crippen molar-refractivity contribution in [2.75, 3.05) is 26.3 Å². The average Bonchev–Trinajstić information content (AvgIpc) is 2.97. The molecule has 0 spiro atoms. The third-order valence-corrected chi connectivity index (χ3v) is 4.80. The Balaban J connectivity index is 1.83. The molecule has 124 valence electrons. The lowest BCUT2D eigenvalue weighted by Crippen LogP contribution is -2.37. The number of ether oxygens (including phenoxy) is 1. The van der Waals surface area contributed by atoms with Crippen LogP contribution in [0.2, 0.25) is 0 Å². The number of aryl methyl sites for hydroxylation is 1. The zero-order chi connectivity index (χ0) is 16.4. The van der Waals surface area contributed by atoms with Crippen LogP contribution in [0.25, 0.3) is 11.1 Å². The molecule has 1 aliphatic rings. The van der Waals surface area contributed by atoms with Gasteiger partial charge in [-0.25, -0.2) is 0 Å². The summed E-state index contributed by atoms with van der Waals surface area (Å²) in [6, 6.07) is 9.41. The van der Waals surface area contributed by atoms with Crippen molar-refractivity contribution < 1.29 is 4.74 Å². The first-order valence-electron chi connectivity index (χ1n) is 8.55. The van der Waals surface area contributed by atoms with Crippen molar-refractivity contribution in [1.82, 2.24) is 15.1 Å². The third kappa shape index (κ3) is 3.33. The highest BCUT2D eigenvalue weighted by Gasteiger charge is 2.19. The molecule has 1 aromatic heterocycles. The fourth-order valence-corrected chi connectivity index (χ4v) is 3.33. The Kier molecular flexibility index (Phi) is 4.83. The van der Waals surface area contributed by atoms with Gasteiger partial charge in [0, 0.05) is 30.4 Å². The van der Waals surface area contributed by atoms with Gasteiger partial charge >= 0.3 is 0 Å². The molecule has 0 aliphatic carbocycles. The van der Waals surface area contributed by atoms with Gasteiger partial charge in [0.15, 0.2) is 0 Å². The maximum atomic E-state index is 5.45. The average molecular weight is 313 g/mol. The predicted molar refractivity (Wildman–Crippen MR) is 93.7 cm³/mol. The van der Waals surface area contributed by atoms with E-state index >= 15 is 0 Å². The number of hydrogen-bond acceptors (Lipinski definition) is 3. The second kappa shape index (κ2) is 6.85. The number of aromatic nitrogens is 2. The lowest BCUT2D eigenvalue weighted by atomic mass is 9.95. The SMILES string of the molecule is Cc1[nH]nc(C(C)C)c1-c1ccc(C(C)N2CCOCC2)cc1. The summed E-state index contributed by atoms with van der Waals surface area (Å²) >= 11 is 0. The van der Waals surface area contributed by atoms with Gasteiger partial charge in [-0.15, -0.1) is 0 Å². The van der Waals surface area contributed by atoms with E-state index in [-0.39, 0.29) is 0 Å². The summed E-state index contributed by atoms with van der Waals surface area (Å²) in [5.74, 6) is 0.418. The van der Waals surface area contributed by atoms with E-state index in [0.717, 1.165) is 37.7 Å². The van der Waals surface area contributed by atoms with Crippen molar-refractivity contribution in [1.29, 1.82) is 0 Å². The maximum Gasteiger partial charge on any atom is 0.0728 e. The van der Waals surface area contributed by atoms with Crippen molar-refractivity contribution in [2.45, 2.75) is 39.7 Å². The molecular formula is C19H27N3O. The first-order valence-corrected chi connectivity index (χ1v) is 8.55. The van der Waals surface area contributed by atoms with Gasteiger partial charge in [-0.1, -0.05) is 38.1 Å². The van der Waals surface area contributed by atoms with Crippen molar-refractivity contribution >= 4 is 0 Å². The molecule has 1 N–H and O–H groups in total. The van der Waals surface area contributed by atoms with Gasteiger partial charge in [-0.05, 0) is 30.9 Å². The van der Waals surface area contributed by atoms with Crippen molar-refractivity contribution in [3.8, 4) is 11.1 Å². The van der Waals surface area contributed by atoms with Gasteiger partial charge in [-0.3, -0.25) is 10.00 Å². The second-order valence-electron chi connectivity index (χ2n) is 6.71. The first-order chi connectivity index (χ1) is 11.1. The minimum absolute atomic E-state index is 0.418. The lowest BCUT2D eigenvalue weighted by molar-refractivity contribution is 0.0198. The van der Waals surface area contributed by atoms with Gasteiger partial charge in [0.05, 0.1) is 18.9 Å². The number of nitrogens with one attached hydrogen (secondary N) is 1. The minimum atomic E-state index is 0.418. The lowest BCUT2D eigenvalue weighted by Gasteiger charge is -2.32. The molecular weight excluding hydrogens is 286 g/mol. The van der Waals surface area contributed by atoms with Crippen molar-refractivity contribution in [2.24, 2.45) is 0 Å². The highest BCUT2D eigenvalue weighted by molar-refractivity contribution is 5.69. The van der Waals surface area contributed by atoms with E-state index in [1.807, 2.05) is 0 Å². The number of H-pyrrole nitrogens is 1. The Morgan fingerprint density at radius 1 is 1.09 bits per heavy atom. The largest absolute Gasteiger partial charge is 0.379 e. The van der Waals surface area contributed by atoms with Crippen LogP contribution in [0, 0.1) is 6.92 Å². The summed E-state index contributed by atoms with van der Waals surface area (Å²) in [7, 11) is 0. The molecule has 4 heteroatoms. The molecule has 2 aromatic rings. The highest BCUT2D eigenvalue weighted by Crippen LogP contribution is 2.31. The van der Waals surface area contributed by atoms with Crippen LogP contribution < -0.4 is 0 Å². The fourth-order valence-electron chi connectivity index (χ4n) is 3.33. The van der Waals surface area contributed by atoms with E-state index in [1.165, 1.54) is 16.7 Å². The summed E-state index contributed by atoms with van der Waals surface area (Å²) in [5.41, 5.74) is 6.16. The number of nitrogens with zero attached hydrogens (tertiary/aromatic N) is 2. The molecule has 0 radical (unpaired) electrons. The van der Waals surface area contributed by atoms with Crippen molar-refractivity contribution in [3.05, 3.63) is 41.2 Å². The maximum absolute atomic E-state index is 5.45. The topological polar surface area (TPSA) is 41.2 Å². The molecule has 1 saturated heterocycles. The molecule has 1 fully saturated rings. The van der Waals surface area contributed by atoms with E-state index in [1.54, 1.807) is 0 Å². The molecule has 1 aromatic carbocycles. The number of rotatable bonds is 4. The van der Waals surface area contributed by atoms with E-state index in [0.29, 0.717) is 12.0 Å². The van der Waals surface area contributed by atoms with E-state index < -0.39 is 0 Å². The normalized spacial score (nSPS) is 17.6. The summed E-state index contributed by atoms with van der Waals surface area (Å²) in [6.45, 7) is 12.5. The first kappa shape index (κ1) is 16.2. The summed E-state index contributed by atoms with van der Waals surface area (Å²) < 4.78 is 5.45. The van der Waals surface area contributed by atoms with Gasteiger partial charge in [0.2, 0.25) is 0 Å². The van der Waals surface area contributed by atoms with Gasteiger partial charge in [0.25, 0.3) is 0 Å². The van der Waals surface area contributed by atoms with E-state index in [2.05, 4.69) is 67.1 Å². The number of hydrogen-bond donors (Lipinski definition) is 1. The minimum Gasteiger partial charge on any atom is -0.379 e. The van der Waals surface area contributed by atoms with Crippen LogP contribution in [0.4, 0.5) is 0 Å². The van der Waals surface area contributed by atoms with Crippen LogP contribution in [-0.4, -0.2) is 41.4 Å². The number of benzene rings is 1. The van der Waals surface area contributed by atoms with Gasteiger partial charge in [0.1, 0.15) is 0 Å². The molecule has 2 heterocycles. The van der Waals surface area contributed by atoms with Crippen LogP contribution >= 0.6 is 0 Å². The second-order valence-corrected chi connectivity index (χ2v) is 6.71. The van der Waals surface area contributed by atoms with Gasteiger partial charge < -0.3 is 4.74 Å². The van der Waals surface area contributed by atoms with Gasteiger partial charge in [-0.2, -0.15) is 5.10 Å². The molecule has 23 heavy (non-hydrogen) atoms. The van der Waals surface area contributed by atoms with Crippen LogP contribution in [0.5, 0.6) is 0 Å². The molecule has 0 amide bonds. The Morgan fingerprint density at radius 2 is 1.74 bits per heavy atom. The number of morpholine rings is 1. The Labute approximate surface area is 138 Å². The molecule has 4 nitrogen and oxygen atoms in total. The van der Waals surface area contributed by atoms with Crippen LogP contribution in [0.1, 0.15) is 49.7 Å². The van der Waals surface area contributed by atoms with Crippen LogP contribution in [0.15, 0.2) is 24.3 Å². The summed E-state index contributed by atoms with van der Waals surface area (Å²) in [4.78, 5) is 2.49. The highest BCUT2D eigenvalue weighted by atomic mass is 16.5. The van der Waals surface area contributed by atoms with Crippen LogP contribution in [0.3, 0.4) is 0 Å². The molecule has 3 rings (SSSR count). The number of aromatic amines is 1.